The molecule has 19 heavy (non-hydrogen) atoms. The Morgan fingerprint density at radius 3 is 2.74 bits per heavy atom. The van der Waals surface area contributed by atoms with Crippen LogP contribution in [0, 0.1) is 6.92 Å². The number of benzene rings is 1. The number of anilines is 1. The van der Waals surface area contributed by atoms with Crippen LogP contribution in [-0.4, -0.2) is 29.3 Å². The first-order valence-corrected chi connectivity index (χ1v) is 7.26. The lowest BCUT2D eigenvalue weighted by Gasteiger charge is -2.17. The Balaban J connectivity index is 2.01. The molecule has 1 aromatic carbocycles. The van der Waals surface area contributed by atoms with E-state index < -0.39 is 0 Å². The molecule has 4 nitrogen and oxygen atoms in total. The monoisotopic (exact) mass is 320 g/mol. The van der Waals surface area contributed by atoms with Gasteiger partial charge in [-0.05, 0) is 31.0 Å². The predicted molar refractivity (Wildman–Crippen MR) is 81.3 cm³/mol. The van der Waals surface area contributed by atoms with Crippen LogP contribution in [0.4, 0.5) is 5.82 Å². The Bertz CT molecular complexity index is 576. The highest BCUT2D eigenvalue weighted by Crippen LogP contribution is 2.33. The molecule has 100 valence electrons. The van der Waals surface area contributed by atoms with Gasteiger partial charge in [0.1, 0.15) is 0 Å². The smallest absolute Gasteiger partial charge is 0.158 e. The Morgan fingerprint density at radius 1 is 1.37 bits per heavy atom. The standard InChI is InChI=1S/C14H17BrN4/c1-9-13(10-2-4-11(15)5-3-10)14(18-17-9)19-7-6-12(16)8-19/h2-5,12H,6-8,16H2,1H3,(H,17,18). The molecule has 3 N–H and O–H groups in total. The maximum absolute atomic E-state index is 5.99. The van der Waals surface area contributed by atoms with E-state index in [1.165, 1.54) is 11.1 Å². The number of rotatable bonds is 2. The number of hydrogen-bond acceptors (Lipinski definition) is 3. The average molecular weight is 321 g/mol. The minimum absolute atomic E-state index is 0.259. The van der Waals surface area contributed by atoms with Crippen LogP contribution < -0.4 is 10.6 Å². The summed E-state index contributed by atoms with van der Waals surface area (Å²) in [5.74, 6) is 1.02. The number of aromatic nitrogens is 2. The number of aryl methyl sites for hydroxylation is 1. The number of hydrogen-bond donors (Lipinski definition) is 2. The van der Waals surface area contributed by atoms with Crippen molar-refractivity contribution < 1.29 is 0 Å². The molecule has 1 aliphatic rings. The van der Waals surface area contributed by atoms with Crippen molar-refractivity contribution >= 4 is 21.7 Å². The third kappa shape index (κ3) is 2.40. The van der Waals surface area contributed by atoms with E-state index >= 15 is 0 Å². The van der Waals surface area contributed by atoms with Crippen LogP contribution in [0.3, 0.4) is 0 Å². The van der Waals surface area contributed by atoms with Crippen molar-refractivity contribution in [2.75, 3.05) is 18.0 Å². The molecule has 5 heteroatoms. The fourth-order valence-electron chi connectivity index (χ4n) is 2.59. The van der Waals surface area contributed by atoms with Gasteiger partial charge in [-0.25, -0.2) is 0 Å². The third-order valence-electron chi connectivity index (χ3n) is 3.59. The minimum Gasteiger partial charge on any atom is -0.353 e. The minimum atomic E-state index is 0.259. The first-order chi connectivity index (χ1) is 9.15. The summed E-state index contributed by atoms with van der Waals surface area (Å²) >= 11 is 3.47. The topological polar surface area (TPSA) is 57.9 Å². The molecule has 1 fully saturated rings. The fourth-order valence-corrected chi connectivity index (χ4v) is 2.85. The Hall–Kier alpha value is -1.33. The molecule has 1 aromatic heterocycles. The SMILES string of the molecule is Cc1[nH]nc(N2CCC(N)C2)c1-c1ccc(Br)cc1. The quantitative estimate of drug-likeness (QED) is 0.894. The molecule has 1 atom stereocenters. The zero-order chi connectivity index (χ0) is 13.4. The molecule has 0 amide bonds. The van der Waals surface area contributed by atoms with Gasteiger partial charge >= 0.3 is 0 Å². The van der Waals surface area contributed by atoms with E-state index in [2.05, 4.69) is 62.2 Å². The van der Waals surface area contributed by atoms with Gasteiger partial charge in [0.05, 0.1) is 0 Å². The van der Waals surface area contributed by atoms with E-state index in [9.17, 15) is 0 Å². The van der Waals surface area contributed by atoms with Crippen molar-refractivity contribution in [3.63, 3.8) is 0 Å². The second-order valence-electron chi connectivity index (χ2n) is 5.05. The van der Waals surface area contributed by atoms with Crippen molar-refractivity contribution in [3.05, 3.63) is 34.4 Å². The Labute approximate surface area is 121 Å². The van der Waals surface area contributed by atoms with Gasteiger partial charge in [-0.15, -0.1) is 0 Å². The Kier molecular flexibility index (Phi) is 3.33. The van der Waals surface area contributed by atoms with Gasteiger partial charge in [-0.2, -0.15) is 5.10 Å². The molecule has 1 saturated heterocycles. The summed E-state index contributed by atoms with van der Waals surface area (Å²) in [5.41, 5.74) is 9.45. The number of aromatic amines is 1. The van der Waals surface area contributed by atoms with Crippen molar-refractivity contribution in [1.29, 1.82) is 0 Å². The second-order valence-corrected chi connectivity index (χ2v) is 5.96. The summed E-state index contributed by atoms with van der Waals surface area (Å²) < 4.78 is 1.09. The number of nitrogens with two attached hydrogens (primary N) is 1. The second kappa shape index (κ2) is 4.98. The van der Waals surface area contributed by atoms with E-state index in [4.69, 9.17) is 5.73 Å². The van der Waals surface area contributed by atoms with Crippen LogP contribution in [-0.2, 0) is 0 Å². The van der Waals surface area contributed by atoms with Crippen LogP contribution >= 0.6 is 15.9 Å². The molecule has 3 rings (SSSR count). The van der Waals surface area contributed by atoms with E-state index in [1.54, 1.807) is 0 Å². The molecule has 0 bridgehead atoms. The van der Waals surface area contributed by atoms with Gasteiger partial charge in [0.25, 0.3) is 0 Å². The van der Waals surface area contributed by atoms with Crippen LogP contribution in [0.2, 0.25) is 0 Å². The van der Waals surface area contributed by atoms with E-state index in [0.29, 0.717) is 0 Å². The van der Waals surface area contributed by atoms with Crippen LogP contribution in [0.1, 0.15) is 12.1 Å². The summed E-state index contributed by atoms with van der Waals surface area (Å²) in [7, 11) is 0. The number of nitrogens with one attached hydrogen (secondary N) is 1. The number of H-pyrrole nitrogens is 1. The van der Waals surface area contributed by atoms with Crippen molar-refractivity contribution in [2.24, 2.45) is 5.73 Å². The highest BCUT2D eigenvalue weighted by atomic mass is 79.9. The predicted octanol–water partition coefficient (Wildman–Crippen LogP) is 2.69. The zero-order valence-electron chi connectivity index (χ0n) is 10.9. The van der Waals surface area contributed by atoms with Gasteiger partial charge in [-0.3, -0.25) is 5.10 Å². The van der Waals surface area contributed by atoms with Gasteiger partial charge in [0.2, 0.25) is 0 Å². The summed E-state index contributed by atoms with van der Waals surface area (Å²) in [6.07, 6.45) is 1.03. The summed E-state index contributed by atoms with van der Waals surface area (Å²) in [6.45, 7) is 3.92. The van der Waals surface area contributed by atoms with Crippen molar-refractivity contribution in [2.45, 2.75) is 19.4 Å². The summed E-state index contributed by atoms with van der Waals surface area (Å²) in [4.78, 5) is 2.27. The van der Waals surface area contributed by atoms with Crippen LogP contribution in [0.25, 0.3) is 11.1 Å². The number of halogens is 1. The molecule has 0 aliphatic carbocycles. The van der Waals surface area contributed by atoms with Crippen LogP contribution in [0.15, 0.2) is 28.7 Å². The van der Waals surface area contributed by atoms with Gasteiger partial charge in [0.15, 0.2) is 5.82 Å². The Morgan fingerprint density at radius 2 is 2.11 bits per heavy atom. The lowest BCUT2D eigenvalue weighted by atomic mass is 10.1. The molecular formula is C14H17BrN4. The molecule has 0 spiro atoms. The van der Waals surface area contributed by atoms with Crippen LogP contribution in [0.5, 0.6) is 0 Å². The molecule has 0 saturated carbocycles. The maximum atomic E-state index is 5.99. The van der Waals surface area contributed by atoms with Gasteiger partial charge < -0.3 is 10.6 Å². The van der Waals surface area contributed by atoms with Crippen molar-refractivity contribution in [3.8, 4) is 11.1 Å². The van der Waals surface area contributed by atoms with Gasteiger partial charge in [-0.1, -0.05) is 28.1 Å². The lowest BCUT2D eigenvalue weighted by molar-refractivity contribution is 0.751. The molecule has 1 aliphatic heterocycles. The highest BCUT2D eigenvalue weighted by molar-refractivity contribution is 9.10. The first-order valence-electron chi connectivity index (χ1n) is 6.46. The van der Waals surface area contributed by atoms with E-state index in [1.807, 2.05) is 0 Å². The molecule has 2 heterocycles. The average Bonchev–Trinajstić information content (AvgIpc) is 2.97. The highest BCUT2D eigenvalue weighted by Gasteiger charge is 2.25. The lowest BCUT2D eigenvalue weighted by Crippen LogP contribution is -2.26. The van der Waals surface area contributed by atoms with E-state index in [0.717, 1.165) is 35.5 Å². The first kappa shape index (κ1) is 12.7. The molecular weight excluding hydrogens is 304 g/mol. The molecule has 0 radical (unpaired) electrons. The molecule has 1 unspecified atom stereocenters. The maximum Gasteiger partial charge on any atom is 0.158 e. The zero-order valence-corrected chi connectivity index (χ0v) is 12.4. The van der Waals surface area contributed by atoms with Gasteiger partial charge in [0, 0.05) is 34.9 Å². The largest absolute Gasteiger partial charge is 0.353 e. The summed E-state index contributed by atoms with van der Waals surface area (Å²) in [6, 6.07) is 8.60. The summed E-state index contributed by atoms with van der Waals surface area (Å²) in [5, 5.41) is 7.56. The third-order valence-corrected chi connectivity index (χ3v) is 4.11. The van der Waals surface area contributed by atoms with E-state index in [-0.39, 0.29) is 6.04 Å². The normalized spacial score (nSPS) is 19.1. The fraction of sp³-hybridized carbons (Fsp3) is 0.357. The number of nitrogens with zero attached hydrogens (tertiary/aromatic N) is 2. The molecule has 2 aromatic rings. The van der Waals surface area contributed by atoms with Crippen molar-refractivity contribution in [1.82, 2.24) is 10.2 Å².